The number of aliphatic carboxylic acids is 1. The van der Waals surface area contributed by atoms with Crippen molar-refractivity contribution in [3.63, 3.8) is 0 Å². The summed E-state index contributed by atoms with van der Waals surface area (Å²) in [6.07, 6.45) is 3.16. The van der Waals surface area contributed by atoms with E-state index in [0.29, 0.717) is 13.1 Å². The van der Waals surface area contributed by atoms with Crippen LogP contribution in [0.4, 0.5) is 4.79 Å². The van der Waals surface area contributed by atoms with Crippen molar-refractivity contribution in [2.75, 3.05) is 19.7 Å². The van der Waals surface area contributed by atoms with Gasteiger partial charge >= 0.3 is 12.0 Å². The zero-order chi connectivity index (χ0) is 14.5. The van der Waals surface area contributed by atoms with Gasteiger partial charge in [0.05, 0.1) is 6.10 Å². The second-order valence-electron chi connectivity index (χ2n) is 5.28. The lowest BCUT2D eigenvalue weighted by molar-refractivity contribution is -0.147. The van der Waals surface area contributed by atoms with Crippen molar-refractivity contribution in [1.82, 2.24) is 10.2 Å². The molecule has 1 aliphatic rings. The van der Waals surface area contributed by atoms with Crippen molar-refractivity contribution in [3.8, 4) is 0 Å². The van der Waals surface area contributed by atoms with Crippen LogP contribution in [0.1, 0.15) is 40.0 Å². The number of amides is 2. The van der Waals surface area contributed by atoms with Crippen LogP contribution in [-0.2, 0) is 9.53 Å². The molecule has 0 aromatic carbocycles. The number of ether oxygens (including phenoxy) is 1. The first-order chi connectivity index (χ1) is 8.89. The minimum atomic E-state index is -1.22. The lowest BCUT2D eigenvalue weighted by Crippen LogP contribution is -2.56. The standard InChI is InChI=1S/C13H24N2O4/c1-4-15(13(2,3)11(16)17)12(18)14-9-10-7-5-6-8-19-10/h10H,4-9H2,1-3H3,(H,14,18)(H,16,17). The van der Waals surface area contributed by atoms with Gasteiger partial charge in [-0.05, 0) is 40.0 Å². The van der Waals surface area contributed by atoms with E-state index in [0.717, 1.165) is 25.9 Å². The predicted molar refractivity (Wildman–Crippen MR) is 71.1 cm³/mol. The zero-order valence-corrected chi connectivity index (χ0v) is 11.9. The fourth-order valence-electron chi connectivity index (χ4n) is 2.17. The minimum absolute atomic E-state index is 0.0457. The topological polar surface area (TPSA) is 78.9 Å². The Morgan fingerprint density at radius 1 is 1.42 bits per heavy atom. The van der Waals surface area contributed by atoms with Crippen LogP contribution in [0.15, 0.2) is 0 Å². The van der Waals surface area contributed by atoms with Crippen LogP contribution in [0.25, 0.3) is 0 Å². The molecule has 0 aromatic heterocycles. The second-order valence-corrected chi connectivity index (χ2v) is 5.28. The highest BCUT2D eigenvalue weighted by Gasteiger charge is 2.37. The molecule has 0 aliphatic carbocycles. The normalized spacial score (nSPS) is 19.8. The van der Waals surface area contributed by atoms with Gasteiger partial charge in [-0.15, -0.1) is 0 Å². The highest BCUT2D eigenvalue weighted by molar-refractivity contribution is 5.85. The van der Waals surface area contributed by atoms with E-state index in [2.05, 4.69) is 5.32 Å². The molecule has 19 heavy (non-hydrogen) atoms. The van der Waals surface area contributed by atoms with Gasteiger partial charge < -0.3 is 20.1 Å². The summed E-state index contributed by atoms with van der Waals surface area (Å²) in [5, 5.41) is 11.9. The number of urea groups is 1. The van der Waals surface area contributed by atoms with Crippen LogP contribution >= 0.6 is 0 Å². The first-order valence-corrected chi connectivity index (χ1v) is 6.80. The largest absolute Gasteiger partial charge is 0.480 e. The van der Waals surface area contributed by atoms with Crippen LogP contribution in [-0.4, -0.2) is 53.3 Å². The second kappa shape index (κ2) is 6.75. The van der Waals surface area contributed by atoms with E-state index in [-0.39, 0.29) is 12.1 Å². The Labute approximate surface area is 114 Å². The molecule has 6 nitrogen and oxygen atoms in total. The monoisotopic (exact) mass is 272 g/mol. The van der Waals surface area contributed by atoms with Crippen LogP contribution in [0.2, 0.25) is 0 Å². The molecule has 2 N–H and O–H groups in total. The predicted octanol–water partition coefficient (Wildman–Crippen LogP) is 1.45. The van der Waals surface area contributed by atoms with Gasteiger partial charge in [0.15, 0.2) is 0 Å². The number of likely N-dealkylation sites (N-methyl/N-ethyl adjacent to an activating group) is 1. The Bertz CT molecular complexity index is 325. The fourth-order valence-corrected chi connectivity index (χ4v) is 2.17. The van der Waals surface area contributed by atoms with E-state index in [1.54, 1.807) is 6.92 Å². The third-order valence-corrected chi connectivity index (χ3v) is 3.51. The molecular formula is C13H24N2O4. The number of hydrogen-bond acceptors (Lipinski definition) is 3. The molecule has 0 spiro atoms. The van der Waals surface area contributed by atoms with E-state index in [1.165, 1.54) is 18.7 Å². The van der Waals surface area contributed by atoms with Crippen molar-refractivity contribution in [3.05, 3.63) is 0 Å². The summed E-state index contributed by atoms with van der Waals surface area (Å²) in [5.41, 5.74) is -1.22. The summed E-state index contributed by atoms with van der Waals surface area (Å²) in [7, 11) is 0. The summed E-state index contributed by atoms with van der Waals surface area (Å²) in [5.74, 6) is -1.02. The lowest BCUT2D eigenvalue weighted by Gasteiger charge is -2.34. The summed E-state index contributed by atoms with van der Waals surface area (Å²) < 4.78 is 5.53. The lowest BCUT2D eigenvalue weighted by atomic mass is 10.0. The third-order valence-electron chi connectivity index (χ3n) is 3.51. The molecule has 1 unspecified atom stereocenters. The number of hydrogen-bond donors (Lipinski definition) is 2. The van der Waals surface area contributed by atoms with Gasteiger partial charge in [-0.1, -0.05) is 0 Å². The molecule has 2 amide bonds. The smallest absolute Gasteiger partial charge is 0.329 e. The first kappa shape index (κ1) is 15.8. The van der Waals surface area contributed by atoms with Crippen molar-refractivity contribution in [2.45, 2.75) is 51.7 Å². The summed E-state index contributed by atoms with van der Waals surface area (Å²) in [6.45, 7) is 6.33. The maximum Gasteiger partial charge on any atom is 0.329 e. The van der Waals surface area contributed by atoms with Crippen LogP contribution in [0, 0.1) is 0 Å². The molecule has 0 radical (unpaired) electrons. The van der Waals surface area contributed by atoms with E-state index < -0.39 is 11.5 Å². The summed E-state index contributed by atoms with van der Waals surface area (Å²) in [4.78, 5) is 24.6. The number of rotatable bonds is 5. The van der Waals surface area contributed by atoms with Gasteiger partial charge in [-0.3, -0.25) is 0 Å². The van der Waals surface area contributed by atoms with Gasteiger partial charge in [-0.2, -0.15) is 0 Å². The average molecular weight is 272 g/mol. The Morgan fingerprint density at radius 3 is 2.58 bits per heavy atom. The van der Waals surface area contributed by atoms with Gasteiger partial charge in [0, 0.05) is 19.7 Å². The molecule has 1 fully saturated rings. The maximum atomic E-state index is 12.1. The quantitative estimate of drug-likeness (QED) is 0.794. The number of nitrogens with one attached hydrogen (secondary N) is 1. The molecule has 0 aromatic rings. The van der Waals surface area contributed by atoms with Crippen LogP contribution in [0.3, 0.4) is 0 Å². The van der Waals surface area contributed by atoms with Crippen molar-refractivity contribution < 1.29 is 19.4 Å². The highest BCUT2D eigenvalue weighted by atomic mass is 16.5. The van der Waals surface area contributed by atoms with Gasteiger partial charge in [0.25, 0.3) is 0 Å². The summed E-state index contributed by atoms with van der Waals surface area (Å²) >= 11 is 0. The Kier molecular flexibility index (Phi) is 5.60. The molecule has 1 rings (SSSR count). The molecule has 6 heteroatoms. The van der Waals surface area contributed by atoms with Crippen molar-refractivity contribution in [1.29, 1.82) is 0 Å². The van der Waals surface area contributed by atoms with E-state index in [1.807, 2.05) is 0 Å². The van der Waals surface area contributed by atoms with Gasteiger partial charge in [-0.25, -0.2) is 9.59 Å². The third kappa shape index (κ3) is 4.09. The Balaban J connectivity index is 2.52. The molecule has 0 saturated carbocycles. The van der Waals surface area contributed by atoms with E-state index >= 15 is 0 Å². The SMILES string of the molecule is CCN(C(=O)NCC1CCCCO1)C(C)(C)C(=O)O. The average Bonchev–Trinajstić information content (AvgIpc) is 2.38. The van der Waals surface area contributed by atoms with Crippen LogP contribution < -0.4 is 5.32 Å². The van der Waals surface area contributed by atoms with E-state index in [4.69, 9.17) is 9.84 Å². The van der Waals surface area contributed by atoms with E-state index in [9.17, 15) is 9.59 Å². The number of carbonyl (C=O) groups excluding carboxylic acids is 1. The highest BCUT2D eigenvalue weighted by Crippen LogP contribution is 2.15. The van der Waals surface area contributed by atoms with Crippen molar-refractivity contribution >= 4 is 12.0 Å². The number of carbonyl (C=O) groups is 2. The molecular weight excluding hydrogens is 248 g/mol. The molecule has 110 valence electrons. The molecule has 1 aliphatic heterocycles. The number of carboxylic acids is 1. The Morgan fingerprint density at radius 2 is 2.11 bits per heavy atom. The van der Waals surface area contributed by atoms with Crippen LogP contribution in [0.5, 0.6) is 0 Å². The molecule has 1 saturated heterocycles. The molecule has 1 atom stereocenters. The van der Waals surface area contributed by atoms with Crippen molar-refractivity contribution in [2.24, 2.45) is 0 Å². The minimum Gasteiger partial charge on any atom is -0.480 e. The maximum absolute atomic E-state index is 12.1. The fraction of sp³-hybridized carbons (Fsp3) is 0.846. The zero-order valence-electron chi connectivity index (χ0n) is 11.9. The Hall–Kier alpha value is -1.30. The van der Waals surface area contributed by atoms with Gasteiger partial charge in [0.2, 0.25) is 0 Å². The molecule has 0 bridgehead atoms. The summed E-state index contributed by atoms with van der Waals surface area (Å²) in [6, 6.07) is -0.357. The molecule has 1 heterocycles. The number of nitrogens with zero attached hydrogens (tertiary/aromatic N) is 1. The number of carboxylic acid groups (broad SMARTS) is 1. The first-order valence-electron chi connectivity index (χ1n) is 6.80. The van der Waals surface area contributed by atoms with Gasteiger partial charge in [0.1, 0.15) is 5.54 Å².